The summed E-state index contributed by atoms with van der Waals surface area (Å²) >= 11 is 1.09. The molecule has 0 aliphatic carbocycles. The van der Waals surface area contributed by atoms with Crippen LogP contribution in [0.4, 0.5) is 18.9 Å². The first-order valence-electron chi connectivity index (χ1n) is 5.52. The molecule has 0 spiro atoms. The van der Waals surface area contributed by atoms with E-state index in [0.717, 1.165) is 16.0 Å². The predicted molar refractivity (Wildman–Crippen MR) is 66.8 cm³/mol. The maximum absolute atomic E-state index is 12.8. The lowest BCUT2D eigenvalue weighted by atomic mass is 10.3. The molecule has 2 heterocycles. The second kappa shape index (κ2) is 5.17. The second-order valence-corrected chi connectivity index (χ2v) is 5.24. The number of nitro groups is 1. The molecule has 0 aromatic carbocycles. The monoisotopic (exact) mass is 316 g/mol. The summed E-state index contributed by atoms with van der Waals surface area (Å²) in [6, 6.07) is 5.01. The molecule has 0 fully saturated rings. The Morgan fingerprint density at radius 2 is 2.19 bits per heavy atom. The third kappa shape index (κ3) is 2.87. The van der Waals surface area contributed by atoms with E-state index in [0.29, 0.717) is 9.75 Å². The topological polar surface area (TPSA) is 84.8 Å². The first kappa shape index (κ1) is 15.0. The number of hydrogen-bond acceptors (Lipinski definition) is 5. The highest BCUT2D eigenvalue weighted by Crippen LogP contribution is 2.37. The minimum Gasteiger partial charge on any atom is -0.258 e. The van der Waals surface area contributed by atoms with E-state index in [-0.39, 0.29) is 12.2 Å². The lowest BCUT2D eigenvalue weighted by molar-refractivity contribution is -0.388. The standard InChI is InChI=1S/C11H7F3N4O2S/c1-6-9(18(19)20)10(11(12,13)14)16-17(6)5-8-3-2-7(4-15)21-8/h2-3H,5H2,1H3. The van der Waals surface area contributed by atoms with Crippen LogP contribution in [0.2, 0.25) is 0 Å². The fourth-order valence-corrected chi connectivity index (χ4v) is 2.56. The van der Waals surface area contributed by atoms with Gasteiger partial charge >= 0.3 is 11.9 Å². The van der Waals surface area contributed by atoms with Gasteiger partial charge in [0.25, 0.3) is 0 Å². The van der Waals surface area contributed by atoms with E-state index in [9.17, 15) is 23.3 Å². The zero-order valence-corrected chi connectivity index (χ0v) is 11.3. The molecule has 0 atom stereocenters. The molecule has 110 valence electrons. The van der Waals surface area contributed by atoms with Crippen molar-refractivity contribution in [2.75, 3.05) is 0 Å². The zero-order valence-electron chi connectivity index (χ0n) is 10.5. The third-order valence-electron chi connectivity index (χ3n) is 2.70. The summed E-state index contributed by atoms with van der Waals surface area (Å²) in [5, 5.41) is 22.8. The Bertz CT molecular complexity index is 742. The third-order valence-corrected chi connectivity index (χ3v) is 3.68. The van der Waals surface area contributed by atoms with Gasteiger partial charge in [0.2, 0.25) is 5.69 Å². The SMILES string of the molecule is Cc1c([N+](=O)[O-])c(C(F)(F)F)nn1Cc1ccc(C#N)s1. The Hall–Kier alpha value is -2.41. The van der Waals surface area contributed by atoms with E-state index < -0.39 is 22.5 Å². The fourth-order valence-electron chi connectivity index (χ4n) is 1.77. The van der Waals surface area contributed by atoms with Crippen LogP contribution in [-0.2, 0) is 12.7 Å². The molecule has 0 radical (unpaired) electrons. The summed E-state index contributed by atoms with van der Waals surface area (Å²) < 4.78 is 39.3. The first-order chi connectivity index (χ1) is 9.74. The molecule has 2 aromatic rings. The van der Waals surface area contributed by atoms with Gasteiger partial charge in [-0.15, -0.1) is 11.3 Å². The largest absolute Gasteiger partial charge is 0.442 e. The van der Waals surface area contributed by atoms with Gasteiger partial charge in [-0.05, 0) is 19.1 Å². The first-order valence-corrected chi connectivity index (χ1v) is 6.33. The molecule has 0 saturated heterocycles. The highest BCUT2D eigenvalue weighted by Gasteiger charge is 2.44. The predicted octanol–water partition coefficient (Wildman–Crippen LogP) is 3.10. The number of halogens is 3. The van der Waals surface area contributed by atoms with Gasteiger partial charge in [0.15, 0.2) is 0 Å². The second-order valence-electron chi connectivity index (χ2n) is 4.07. The number of alkyl halides is 3. The van der Waals surface area contributed by atoms with Crippen molar-refractivity contribution in [3.05, 3.63) is 43.4 Å². The summed E-state index contributed by atoms with van der Waals surface area (Å²) in [7, 11) is 0. The van der Waals surface area contributed by atoms with Crippen LogP contribution >= 0.6 is 11.3 Å². The van der Waals surface area contributed by atoms with Crippen LogP contribution in [0.15, 0.2) is 12.1 Å². The van der Waals surface area contributed by atoms with Crippen molar-refractivity contribution in [1.82, 2.24) is 9.78 Å². The Morgan fingerprint density at radius 1 is 1.52 bits per heavy atom. The normalized spacial score (nSPS) is 11.4. The van der Waals surface area contributed by atoms with Crippen LogP contribution in [0.5, 0.6) is 0 Å². The lowest BCUT2D eigenvalue weighted by Crippen LogP contribution is -2.10. The highest BCUT2D eigenvalue weighted by molar-refractivity contribution is 7.12. The Labute approximate surface area is 120 Å². The summed E-state index contributed by atoms with van der Waals surface area (Å²) in [5.74, 6) is 0. The number of thiophene rings is 1. The average Bonchev–Trinajstić information content (AvgIpc) is 2.94. The molecule has 10 heteroatoms. The van der Waals surface area contributed by atoms with E-state index in [4.69, 9.17) is 5.26 Å². The van der Waals surface area contributed by atoms with Crippen molar-refractivity contribution in [3.8, 4) is 6.07 Å². The molecule has 0 bridgehead atoms. The molecule has 0 aliphatic rings. The van der Waals surface area contributed by atoms with Gasteiger partial charge in [0.05, 0.1) is 11.5 Å². The van der Waals surface area contributed by atoms with Crippen LogP contribution in [-0.4, -0.2) is 14.7 Å². The molecular formula is C11H7F3N4O2S. The number of rotatable bonds is 3. The molecule has 2 rings (SSSR count). The van der Waals surface area contributed by atoms with E-state index >= 15 is 0 Å². The van der Waals surface area contributed by atoms with Gasteiger partial charge in [-0.2, -0.15) is 23.5 Å². The molecule has 0 unspecified atom stereocenters. The highest BCUT2D eigenvalue weighted by atomic mass is 32.1. The maximum Gasteiger partial charge on any atom is 0.442 e. The molecule has 6 nitrogen and oxygen atoms in total. The summed E-state index contributed by atoms with van der Waals surface area (Å²) in [6.45, 7) is 1.15. The van der Waals surface area contributed by atoms with E-state index in [1.165, 1.54) is 13.0 Å². The smallest absolute Gasteiger partial charge is 0.258 e. The minimum absolute atomic E-state index is 0.0604. The molecular weight excluding hydrogens is 309 g/mol. The molecule has 2 aromatic heterocycles. The lowest BCUT2D eigenvalue weighted by Gasteiger charge is -2.01. The molecule has 0 N–H and O–H groups in total. The minimum atomic E-state index is -4.90. The number of nitriles is 1. The Balaban J connectivity index is 2.46. The molecule has 21 heavy (non-hydrogen) atoms. The zero-order chi connectivity index (χ0) is 15.8. The van der Waals surface area contributed by atoms with Crippen molar-refractivity contribution in [2.24, 2.45) is 0 Å². The van der Waals surface area contributed by atoms with Gasteiger partial charge in [0, 0.05) is 4.88 Å². The van der Waals surface area contributed by atoms with Crippen molar-refractivity contribution < 1.29 is 18.1 Å². The fraction of sp³-hybridized carbons (Fsp3) is 0.273. The van der Waals surface area contributed by atoms with Gasteiger partial charge in [-0.3, -0.25) is 14.8 Å². The Morgan fingerprint density at radius 3 is 2.62 bits per heavy atom. The average molecular weight is 316 g/mol. The van der Waals surface area contributed by atoms with Gasteiger partial charge < -0.3 is 0 Å². The quantitative estimate of drug-likeness (QED) is 0.643. The van der Waals surface area contributed by atoms with Crippen LogP contribution in [0.1, 0.15) is 21.1 Å². The van der Waals surface area contributed by atoms with Crippen LogP contribution in [0, 0.1) is 28.4 Å². The van der Waals surface area contributed by atoms with Crippen molar-refractivity contribution in [1.29, 1.82) is 5.26 Å². The van der Waals surface area contributed by atoms with E-state index in [1.807, 2.05) is 6.07 Å². The van der Waals surface area contributed by atoms with Crippen LogP contribution < -0.4 is 0 Å². The number of aromatic nitrogens is 2. The van der Waals surface area contributed by atoms with Gasteiger partial charge in [-0.25, -0.2) is 0 Å². The van der Waals surface area contributed by atoms with Gasteiger partial charge in [0.1, 0.15) is 16.6 Å². The maximum atomic E-state index is 12.8. The summed E-state index contributed by atoms with van der Waals surface area (Å²) in [5.41, 5.74) is -2.74. The summed E-state index contributed by atoms with van der Waals surface area (Å²) in [6.07, 6.45) is -4.90. The van der Waals surface area contributed by atoms with Gasteiger partial charge in [-0.1, -0.05) is 0 Å². The van der Waals surface area contributed by atoms with E-state index in [2.05, 4.69) is 5.10 Å². The number of nitrogens with zero attached hydrogens (tertiary/aromatic N) is 4. The molecule has 0 aliphatic heterocycles. The van der Waals surface area contributed by atoms with E-state index in [1.54, 1.807) is 6.07 Å². The Kier molecular flexibility index (Phi) is 3.69. The number of hydrogen-bond donors (Lipinski definition) is 0. The van der Waals surface area contributed by atoms with Crippen LogP contribution in [0.25, 0.3) is 0 Å². The van der Waals surface area contributed by atoms with Crippen molar-refractivity contribution in [3.63, 3.8) is 0 Å². The molecule has 0 amide bonds. The van der Waals surface area contributed by atoms with Crippen molar-refractivity contribution in [2.45, 2.75) is 19.6 Å². The van der Waals surface area contributed by atoms with Crippen LogP contribution in [0.3, 0.4) is 0 Å². The molecule has 0 saturated carbocycles. The summed E-state index contributed by atoms with van der Waals surface area (Å²) in [4.78, 5) is 10.7. The van der Waals surface area contributed by atoms with Crippen molar-refractivity contribution >= 4 is 17.0 Å².